The van der Waals surface area contributed by atoms with Gasteiger partial charge in [0.15, 0.2) is 0 Å². The number of Topliss-reactive ketones (excluding diaryl/α,β-unsaturated/α-hetero) is 1. The molecule has 2 rings (SSSR count). The van der Waals surface area contributed by atoms with Gasteiger partial charge in [-0.2, -0.15) is 5.26 Å². The van der Waals surface area contributed by atoms with E-state index in [1.165, 1.54) is 11.3 Å². The number of hydrogen-bond acceptors (Lipinski definition) is 4. The number of carbonyl (C=O) groups excluding carboxylic acids is 1. The van der Waals surface area contributed by atoms with Crippen molar-refractivity contribution in [3.63, 3.8) is 0 Å². The van der Waals surface area contributed by atoms with E-state index in [9.17, 15) is 4.79 Å². The van der Waals surface area contributed by atoms with Crippen LogP contribution in [0.1, 0.15) is 27.0 Å². The smallest absolute Gasteiger partial charge is 0.203 e. The number of carbonyl (C=O) groups is 1. The van der Waals surface area contributed by atoms with Crippen molar-refractivity contribution in [2.45, 2.75) is 12.8 Å². The lowest BCUT2D eigenvalue weighted by atomic mass is 9.95. The van der Waals surface area contributed by atoms with Crippen LogP contribution in [0.25, 0.3) is 0 Å². The molecule has 0 aliphatic rings. The van der Waals surface area contributed by atoms with Crippen LogP contribution in [0.15, 0.2) is 29.6 Å². The van der Waals surface area contributed by atoms with Gasteiger partial charge in [0.2, 0.25) is 5.78 Å². The van der Waals surface area contributed by atoms with Gasteiger partial charge < -0.3 is 0 Å². The first-order chi connectivity index (χ1) is 8.61. The Labute approximate surface area is 114 Å². The van der Waals surface area contributed by atoms with Crippen LogP contribution in [-0.2, 0) is 0 Å². The zero-order valence-corrected chi connectivity index (χ0v) is 11.1. The number of rotatable bonds is 3. The molecule has 1 heterocycles. The van der Waals surface area contributed by atoms with Crippen molar-refractivity contribution in [3.05, 3.63) is 50.9 Å². The van der Waals surface area contributed by atoms with E-state index in [0.717, 1.165) is 5.01 Å². The molecule has 0 radical (unpaired) electrons. The number of aromatic nitrogens is 1. The third-order valence-electron chi connectivity index (χ3n) is 2.47. The minimum absolute atomic E-state index is 0.274. The van der Waals surface area contributed by atoms with Crippen LogP contribution in [0.5, 0.6) is 0 Å². The highest BCUT2D eigenvalue weighted by Gasteiger charge is 2.23. The number of halogens is 1. The zero-order valence-electron chi connectivity index (χ0n) is 9.55. The van der Waals surface area contributed by atoms with Gasteiger partial charge in [0, 0.05) is 10.4 Å². The molecular weight excluding hydrogens is 268 g/mol. The van der Waals surface area contributed by atoms with E-state index in [2.05, 4.69) is 4.98 Å². The van der Waals surface area contributed by atoms with Crippen LogP contribution in [0.3, 0.4) is 0 Å². The molecule has 0 spiro atoms. The fourth-order valence-electron chi connectivity index (χ4n) is 1.56. The first kappa shape index (κ1) is 12.7. The van der Waals surface area contributed by atoms with Crippen LogP contribution in [-0.4, -0.2) is 10.8 Å². The molecule has 0 saturated carbocycles. The summed E-state index contributed by atoms with van der Waals surface area (Å²) in [6, 6.07) is 8.73. The maximum Gasteiger partial charge on any atom is 0.203 e. The molecule has 0 fully saturated rings. The summed E-state index contributed by atoms with van der Waals surface area (Å²) in [5.74, 6) is -1.10. The number of hydrogen-bond donors (Lipinski definition) is 0. The van der Waals surface area contributed by atoms with E-state index >= 15 is 0 Å². The van der Waals surface area contributed by atoms with Crippen molar-refractivity contribution in [3.8, 4) is 6.07 Å². The minimum atomic E-state index is -0.830. The largest absolute Gasteiger partial charge is 0.291 e. The van der Waals surface area contributed by atoms with Crippen molar-refractivity contribution in [2.24, 2.45) is 0 Å². The topological polar surface area (TPSA) is 53.8 Å². The predicted octanol–water partition coefficient (Wildman–Crippen LogP) is 3.60. The summed E-state index contributed by atoms with van der Waals surface area (Å²) < 4.78 is 0. The summed E-state index contributed by atoms with van der Waals surface area (Å²) >= 11 is 7.18. The average molecular weight is 277 g/mol. The highest BCUT2D eigenvalue weighted by Crippen LogP contribution is 2.23. The van der Waals surface area contributed by atoms with Crippen LogP contribution in [0, 0.1) is 18.3 Å². The molecule has 1 aromatic carbocycles. The molecule has 18 heavy (non-hydrogen) atoms. The molecule has 0 amide bonds. The number of ketones is 1. The monoisotopic (exact) mass is 276 g/mol. The first-order valence-corrected chi connectivity index (χ1v) is 6.49. The molecule has 1 atom stereocenters. The molecular formula is C13H9ClN2OS. The van der Waals surface area contributed by atoms with Gasteiger partial charge in [0.05, 0.1) is 11.1 Å². The lowest BCUT2D eigenvalue weighted by Gasteiger charge is -2.06. The van der Waals surface area contributed by atoms with E-state index in [0.29, 0.717) is 16.3 Å². The second-order valence-electron chi connectivity index (χ2n) is 3.73. The number of benzene rings is 1. The normalized spacial score (nSPS) is 11.8. The second kappa shape index (κ2) is 5.30. The van der Waals surface area contributed by atoms with Gasteiger partial charge in [-0.1, -0.05) is 23.7 Å². The fraction of sp³-hybridized carbons (Fsp3) is 0.154. The molecule has 0 bridgehead atoms. The first-order valence-electron chi connectivity index (χ1n) is 5.23. The second-order valence-corrected chi connectivity index (χ2v) is 5.23. The SMILES string of the molecule is Cc1nc(C(=O)C(C#N)c2ccc(Cl)cc2)cs1. The number of aryl methyl sites for hydroxylation is 1. The molecule has 0 N–H and O–H groups in total. The Bertz CT molecular complexity index is 613. The maximum atomic E-state index is 12.2. The van der Waals surface area contributed by atoms with Crippen LogP contribution >= 0.6 is 22.9 Å². The highest BCUT2D eigenvalue weighted by molar-refractivity contribution is 7.09. The summed E-state index contributed by atoms with van der Waals surface area (Å²) in [5, 5.41) is 12.2. The Balaban J connectivity index is 2.32. The average Bonchev–Trinajstić information content (AvgIpc) is 2.79. The quantitative estimate of drug-likeness (QED) is 0.805. The van der Waals surface area contributed by atoms with Gasteiger partial charge in [-0.15, -0.1) is 11.3 Å². The Morgan fingerprint density at radius 2 is 2.11 bits per heavy atom. The molecule has 5 heteroatoms. The maximum absolute atomic E-state index is 12.2. The zero-order chi connectivity index (χ0) is 13.1. The summed E-state index contributed by atoms with van der Waals surface area (Å²) in [5.41, 5.74) is 0.983. The Morgan fingerprint density at radius 3 is 2.61 bits per heavy atom. The number of nitriles is 1. The summed E-state index contributed by atoms with van der Waals surface area (Å²) in [7, 11) is 0. The predicted molar refractivity (Wildman–Crippen MR) is 71.0 cm³/mol. The van der Waals surface area contributed by atoms with Crippen molar-refractivity contribution in [2.75, 3.05) is 0 Å². The molecule has 0 saturated heterocycles. The van der Waals surface area contributed by atoms with Gasteiger partial charge in [-0.05, 0) is 24.6 Å². The molecule has 1 aromatic heterocycles. The summed E-state index contributed by atoms with van der Waals surface area (Å²) in [6.45, 7) is 1.82. The third kappa shape index (κ3) is 2.58. The van der Waals surface area contributed by atoms with E-state index in [4.69, 9.17) is 16.9 Å². The highest BCUT2D eigenvalue weighted by atomic mass is 35.5. The molecule has 1 unspecified atom stereocenters. The van der Waals surface area contributed by atoms with Crippen molar-refractivity contribution in [1.29, 1.82) is 5.26 Å². The van der Waals surface area contributed by atoms with Crippen molar-refractivity contribution < 1.29 is 4.79 Å². The van der Waals surface area contributed by atoms with Gasteiger partial charge in [-0.25, -0.2) is 4.98 Å². The van der Waals surface area contributed by atoms with Crippen LogP contribution in [0.2, 0.25) is 5.02 Å². The van der Waals surface area contributed by atoms with E-state index in [1.807, 2.05) is 13.0 Å². The Morgan fingerprint density at radius 1 is 1.44 bits per heavy atom. The van der Waals surface area contributed by atoms with Gasteiger partial charge in [-0.3, -0.25) is 4.79 Å². The Hall–Kier alpha value is -1.70. The fourth-order valence-corrected chi connectivity index (χ4v) is 2.29. The van der Waals surface area contributed by atoms with Crippen molar-refractivity contribution >= 4 is 28.7 Å². The Kier molecular flexibility index (Phi) is 3.75. The summed E-state index contributed by atoms with van der Waals surface area (Å²) in [4.78, 5) is 16.3. The van der Waals surface area contributed by atoms with Crippen LogP contribution in [0.4, 0.5) is 0 Å². The summed E-state index contributed by atoms with van der Waals surface area (Å²) in [6.07, 6.45) is 0. The molecule has 2 aromatic rings. The molecule has 3 nitrogen and oxygen atoms in total. The van der Waals surface area contributed by atoms with E-state index in [-0.39, 0.29) is 5.78 Å². The van der Waals surface area contributed by atoms with Gasteiger partial charge in [0.25, 0.3) is 0 Å². The lowest BCUT2D eigenvalue weighted by molar-refractivity contribution is 0.0974. The molecule has 0 aliphatic carbocycles. The minimum Gasteiger partial charge on any atom is -0.291 e. The molecule has 0 aliphatic heterocycles. The van der Waals surface area contributed by atoms with Gasteiger partial charge >= 0.3 is 0 Å². The molecule has 90 valence electrons. The number of thiazole rings is 1. The third-order valence-corrected chi connectivity index (χ3v) is 3.49. The van der Waals surface area contributed by atoms with E-state index < -0.39 is 5.92 Å². The number of nitrogens with zero attached hydrogens (tertiary/aromatic N) is 2. The van der Waals surface area contributed by atoms with Gasteiger partial charge in [0.1, 0.15) is 11.6 Å². The van der Waals surface area contributed by atoms with Crippen LogP contribution < -0.4 is 0 Å². The van der Waals surface area contributed by atoms with E-state index in [1.54, 1.807) is 29.6 Å². The lowest BCUT2D eigenvalue weighted by Crippen LogP contribution is -2.11. The standard InChI is InChI=1S/C13H9ClN2OS/c1-8-16-12(7-18-8)13(17)11(6-15)9-2-4-10(14)5-3-9/h2-5,7,11H,1H3. The van der Waals surface area contributed by atoms with Crippen molar-refractivity contribution in [1.82, 2.24) is 4.98 Å².